The van der Waals surface area contributed by atoms with E-state index in [1.807, 2.05) is 7.05 Å². The van der Waals surface area contributed by atoms with E-state index in [1.165, 1.54) is 12.8 Å². The molecule has 9 heteroatoms. The second-order valence-corrected chi connectivity index (χ2v) is 7.57. The van der Waals surface area contributed by atoms with Gasteiger partial charge in [0.15, 0.2) is 5.96 Å². The van der Waals surface area contributed by atoms with E-state index in [1.54, 1.807) is 11.0 Å². The van der Waals surface area contributed by atoms with Crippen LogP contribution in [-0.2, 0) is 18.4 Å². The van der Waals surface area contributed by atoms with Gasteiger partial charge in [-0.2, -0.15) is 5.10 Å². The van der Waals surface area contributed by atoms with Gasteiger partial charge in [-0.1, -0.05) is 12.8 Å². The van der Waals surface area contributed by atoms with E-state index in [4.69, 9.17) is 0 Å². The van der Waals surface area contributed by atoms with Crippen molar-refractivity contribution < 1.29 is 4.79 Å². The van der Waals surface area contributed by atoms with Crippen LogP contribution in [0.4, 0.5) is 0 Å². The van der Waals surface area contributed by atoms with E-state index >= 15 is 0 Å². The number of carbonyl (C=O) groups excluding carboxylic acids is 1. The lowest BCUT2D eigenvalue weighted by molar-refractivity contribution is -0.137. The van der Waals surface area contributed by atoms with Crippen molar-refractivity contribution in [2.24, 2.45) is 18.0 Å². The number of aryl methyl sites for hydroxylation is 1. The van der Waals surface area contributed by atoms with Crippen LogP contribution in [0.1, 0.15) is 38.4 Å². The number of aromatic nitrogens is 3. The minimum atomic E-state index is 0.293. The normalized spacial score (nSPS) is 19.2. The molecule has 1 aromatic heterocycles. The number of hydrogen-bond donors (Lipinski definition) is 2. The molecule has 28 heavy (non-hydrogen) atoms. The first kappa shape index (κ1) is 20.6. The summed E-state index contributed by atoms with van der Waals surface area (Å²) in [6, 6.07) is 0. The number of hydrogen-bond acceptors (Lipinski definition) is 5. The third-order valence-electron chi connectivity index (χ3n) is 5.64. The Hall–Kier alpha value is -2.16. The predicted molar refractivity (Wildman–Crippen MR) is 109 cm³/mol. The Morgan fingerprint density at radius 1 is 1.21 bits per heavy atom. The fourth-order valence-corrected chi connectivity index (χ4v) is 3.91. The number of carbonyl (C=O) groups is 1. The quantitative estimate of drug-likeness (QED) is 0.511. The van der Waals surface area contributed by atoms with Crippen LogP contribution >= 0.6 is 0 Å². The van der Waals surface area contributed by atoms with E-state index in [2.05, 4.69) is 42.4 Å². The Morgan fingerprint density at radius 3 is 2.61 bits per heavy atom. The van der Waals surface area contributed by atoms with Gasteiger partial charge in [-0.25, -0.2) is 9.98 Å². The molecule has 0 atom stereocenters. The zero-order chi connectivity index (χ0) is 19.8. The van der Waals surface area contributed by atoms with E-state index in [0.717, 1.165) is 70.4 Å². The Labute approximate surface area is 167 Å². The maximum atomic E-state index is 12.5. The molecule has 3 rings (SSSR count). The fraction of sp³-hybridized carbons (Fsp3) is 0.789. The molecule has 0 spiro atoms. The van der Waals surface area contributed by atoms with Gasteiger partial charge in [0.05, 0.1) is 0 Å². The molecule has 2 heterocycles. The van der Waals surface area contributed by atoms with Crippen LogP contribution in [0.5, 0.6) is 0 Å². The van der Waals surface area contributed by atoms with Gasteiger partial charge in [-0.3, -0.25) is 14.4 Å². The van der Waals surface area contributed by atoms with Crippen molar-refractivity contribution in [2.45, 2.75) is 39.2 Å². The molecular weight excluding hydrogens is 356 g/mol. The molecule has 1 aliphatic heterocycles. The zero-order valence-corrected chi connectivity index (χ0v) is 17.2. The zero-order valence-electron chi connectivity index (χ0n) is 17.2. The van der Waals surface area contributed by atoms with Crippen molar-refractivity contribution in [2.75, 3.05) is 45.8 Å². The second kappa shape index (κ2) is 10.4. The average Bonchev–Trinajstić information content (AvgIpc) is 3.38. The Balaban J connectivity index is 1.37. The van der Waals surface area contributed by atoms with Gasteiger partial charge >= 0.3 is 0 Å². The van der Waals surface area contributed by atoms with Crippen LogP contribution in [0, 0.1) is 5.92 Å². The number of amides is 1. The van der Waals surface area contributed by atoms with Crippen molar-refractivity contribution in [3.8, 4) is 0 Å². The lowest BCUT2D eigenvalue weighted by atomic mass is 10.1. The van der Waals surface area contributed by atoms with Crippen LogP contribution in [0.3, 0.4) is 0 Å². The molecule has 0 radical (unpaired) electrons. The fourth-order valence-electron chi connectivity index (χ4n) is 3.91. The number of aliphatic imine (C=N–C) groups is 1. The predicted octanol–water partition coefficient (Wildman–Crippen LogP) is 0.205. The van der Waals surface area contributed by atoms with E-state index < -0.39 is 0 Å². The van der Waals surface area contributed by atoms with Crippen molar-refractivity contribution in [1.82, 2.24) is 35.2 Å². The van der Waals surface area contributed by atoms with Gasteiger partial charge < -0.3 is 15.5 Å². The second-order valence-electron chi connectivity index (χ2n) is 7.57. The summed E-state index contributed by atoms with van der Waals surface area (Å²) in [5.74, 6) is 2.31. The van der Waals surface area contributed by atoms with Gasteiger partial charge in [0, 0.05) is 58.8 Å². The molecule has 0 aromatic carbocycles. The van der Waals surface area contributed by atoms with Crippen LogP contribution in [0.2, 0.25) is 0 Å². The maximum Gasteiger partial charge on any atom is 0.225 e. The first-order chi connectivity index (χ1) is 13.7. The summed E-state index contributed by atoms with van der Waals surface area (Å²) in [6.45, 7) is 8.74. The minimum Gasteiger partial charge on any atom is -0.357 e. The topological polar surface area (TPSA) is 90.7 Å². The summed E-state index contributed by atoms with van der Waals surface area (Å²) in [5.41, 5.74) is 0. The molecule has 2 aliphatic rings. The molecule has 1 saturated heterocycles. The lowest BCUT2D eigenvalue weighted by Gasteiger charge is -2.36. The highest BCUT2D eigenvalue weighted by Crippen LogP contribution is 2.26. The first-order valence-corrected chi connectivity index (χ1v) is 10.5. The summed E-state index contributed by atoms with van der Waals surface area (Å²) in [4.78, 5) is 25.8. The highest BCUT2D eigenvalue weighted by molar-refractivity contribution is 5.80. The van der Waals surface area contributed by atoms with Crippen LogP contribution < -0.4 is 10.6 Å². The van der Waals surface area contributed by atoms with Crippen LogP contribution in [-0.4, -0.2) is 82.2 Å². The molecule has 1 amide bonds. The standard InChI is InChI=1S/C19H34N8O/c1-3-20-19(22-14-17-23-15-24-25(17)2)21-8-9-26-10-12-27(13-11-26)18(28)16-6-4-5-7-16/h15-16H,3-14H2,1-2H3,(H2,20,21,22). The van der Waals surface area contributed by atoms with E-state index in [0.29, 0.717) is 18.4 Å². The van der Waals surface area contributed by atoms with E-state index in [9.17, 15) is 4.79 Å². The summed E-state index contributed by atoms with van der Waals surface area (Å²) >= 11 is 0. The Morgan fingerprint density at radius 2 is 1.96 bits per heavy atom. The molecule has 0 bridgehead atoms. The highest BCUT2D eigenvalue weighted by Gasteiger charge is 2.29. The van der Waals surface area contributed by atoms with Crippen LogP contribution in [0.15, 0.2) is 11.3 Å². The highest BCUT2D eigenvalue weighted by atomic mass is 16.2. The monoisotopic (exact) mass is 390 g/mol. The molecule has 1 saturated carbocycles. The van der Waals surface area contributed by atoms with Crippen molar-refractivity contribution in [3.05, 3.63) is 12.2 Å². The number of nitrogens with zero attached hydrogens (tertiary/aromatic N) is 6. The third-order valence-corrected chi connectivity index (χ3v) is 5.64. The number of rotatable bonds is 7. The van der Waals surface area contributed by atoms with E-state index in [-0.39, 0.29) is 0 Å². The molecule has 1 aromatic rings. The molecule has 9 nitrogen and oxygen atoms in total. The lowest BCUT2D eigenvalue weighted by Crippen LogP contribution is -2.51. The number of piperazine rings is 1. The van der Waals surface area contributed by atoms with Crippen molar-refractivity contribution >= 4 is 11.9 Å². The van der Waals surface area contributed by atoms with Crippen LogP contribution in [0.25, 0.3) is 0 Å². The smallest absolute Gasteiger partial charge is 0.225 e. The van der Waals surface area contributed by atoms with Crippen molar-refractivity contribution in [1.29, 1.82) is 0 Å². The number of nitrogens with one attached hydrogen (secondary N) is 2. The Bertz CT molecular complexity index is 644. The molecule has 2 fully saturated rings. The number of guanidine groups is 1. The Kier molecular flexibility index (Phi) is 7.64. The summed E-state index contributed by atoms with van der Waals surface area (Å²) in [7, 11) is 1.87. The molecule has 0 unspecified atom stereocenters. The van der Waals surface area contributed by atoms with Gasteiger partial charge in [0.2, 0.25) is 5.91 Å². The summed E-state index contributed by atoms with van der Waals surface area (Å²) in [5, 5.41) is 10.7. The first-order valence-electron chi connectivity index (χ1n) is 10.5. The third kappa shape index (κ3) is 5.67. The van der Waals surface area contributed by atoms with Gasteiger partial charge in [0.1, 0.15) is 18.7 Å². The minimum absolute atomic E-state index is 0.293. The molecule has 1 aliphatic carbocycles. The summed E-state index contributed by atoms with van der Waals surface area (Å²) < 4.78 is 1.74. The maximum absolute atomic E-state index is 12.5. The summed E-state index contributed by atoms with van der Waals surface area (Å²) in [6.07, 6.45) is 6.15. The molecule has 156 valence electrons. The largest absolute Gasteiger partial charge is 0.357 e. The van der Waals surface area contributed by atoms with Gasteiger partial charge in [-0.05, 0) is 19.8 Å². The molecular formula is C19H34N8O. The molecule has 2 N–H and O–H groups in total. The van der Waals surface area contributed by atoms with Gasteiger partial charge in [0.25, 0.3) is 0 Å². The van der Waals surface area contributed by atoms with Gasteiger partial charge in [-0.15, -0.1) is 0 Å². The SMILES string of the molecule is CCNC(=NCc1ncnn1C)NCCN1CCN(C(=O)C2CCCC2)CC1. The average molecular weight is 391 g/mol. The van der Waals surface area contributed by atoms with Crippen molar-refractivity contribution in [3.63, 3.8) is 0 Å².